The van der Waals surface area contributed by atoms with Crippen molar-refractivity contribution in [2.45, 2.75) is 36.5 Å². The molecule has 14 nitrogen and oxygen atoms in total. The van der Waals surface area contributed by atoms with Crippen molar-refractivity contribution in [2.24, 2.45) is 17.6 Å². The predicted octanol–water partition coefficient (Wildman–Crippen LogP) is 2.73. The highest BCUT2D eigenvalue weighted by Gasteiger charge is 2.68. The smallest absolute Gasteiger partial charge is 0.413 e. The van der Waals surface area contributed by atoms with Gasteiger partial charge in [0.2, 0.25) is 5.78 Å². The lowest BCUT2D eigenvalue weighted by Crippen LogP contribution is -2.70. The number of carbonyl (C=O) groups is 4. The second kappa shape index (κ2) is 12.8. The minimum absolute atomic E-state index is 0.0231. The molecule has 3 aromatic carbocycles. The van der Waals surface area contributed by atoms with Gasteiger partial charge in [0.05, 0.1) is 29.3 Å². The van der Waals surface area contributed by atoms with Crippen LogP contribution in [0.5, 0.6) is 5.75 Å². The first-order valence-corrected chi connectivity index (χ1v) is 17.1. The lowest BCUT2D eigenvalue weighted by molar-refractivity contribution is -0.169. The summed E-state index contributed by atoms with van der Waals surface area (Å²) < 4.78 is 5.54. The van der Waals surface area contributed by atoms with Crippen LogP contribution in [-0.2, 0) is 19.1 Å². The van der Waals surface area contributed by atoms with Gasteiger partial charge in [-0.05, 0) is 66.1 Å². The Morgan fingerprint density at radius 2 is 1.57 bits per heavy atom. The van der Waals surface area contributed by atoms with Gasteiger partial charge in [0, 0.05) is 17.4 Å². The van der Waals surface area contributed by atoms with Crippen molar-refractivity contribution < 1.29 is 49.4 Å². The number of thiocarbonyl (C=S) groups is 1. The molecule has 1 saturated carbocycles. The van der Waals surface area contributed by atoms with Gasteiger partial charge in [0.1, 0.15) is 29.4 Å². The Labute approximate surface area is 308 Å². The lowest BCUT2D eigenvalue weighted by atomic mass is 9.54. The number of phenolic OH excluding ortho intramolecular Hbond substituents is 1. The lowest BCUT2D eigenvalue weighted by Gasteiger charge is -2.53. The van der Waals surface area contributed by atoms with Gasteiger partial charge in [0.15, 0.2) is 16.5 Å². The number of nitrogens with two attached hydrogens (primary N) is 1. The Morgan fingerprint density at radius 1 is 0.962 bits per heavy atom. The van der Waals surface area contributed by atoms with Crippen molar-refractivity contribution in [3.63, 3.8) is 0 Å². The van der Waals surface area contributed by atoms with Crippen molar-refractivity contribution in [3.8, 4) is 16.9 Å². The molecule has 0 bridgehead atoms. The Morgan fingerprint density at radius 3 is 2.15 bits per heavy atom. The molecule has 2 amide bonds. The SMILES string of the molecule is C[C@H]1c2ccc(NC(=S)NC(=O)OCC3c4ccccc4-c4ccccc43)c(O)c2C(O)=C2C(=O)[C@]3(O)C(O)=C(C(N)=O)C(=O)[C@@H](N(C)C)C3C(O)C21. The van der Waals surface area contributed by atoms with Crippen LogP contribution in [0.3, 0.4) is 0 Å². The highest BCUT2D eigenvalue weighted by atomic mass is 32.1. The maximum absolute atomic E-state index is 14.2. The molecule has 0 spiro atoms. The summed E-state index contributed by atoms with van der Waals surface area (Å²) in [6.45, 7) is 1.64. The zero-order chi connectivity index (χ0) is 38.3. The van der Waals surface area contributed by atoms with E-state index >= 15 is 0 Å². The van der Waals surface area contributed by atoms with Crippen LogP contribution in [-0.4, -0.2) is 97.6 Å². The number of rotatable bonds is 5. The summed E-state index contributed by atoms with van der Waals surface area (Å²) in [6, 6.07) is 17.2. The first-order valence-electron chi connectivity index (χ1n) is 16.7. The number of nitrogens with one attached hydrogen (secondary N) is 2. The van der Waals surface area contributed by atoms with Crippen LogP contribution in [0.15, 0.2) is 77.6 Å². The Hall–Kier alpha value is -5.61. The molecule has 6 atom stereocenters. The quantitative estimate of drug-likeness (QED) is 0.107. The number of likely N-dealkylation sites (N-methyl/N-ethyl adjacent to an activating group) is 1. The Kier molecular flexibility index (Phi) is 8.64. The van der Waals surface area contributed by atoms with Crippen LogP contribution in [0, 0.1) is 11.8 Å². The molecule has 7 rings (SSSR count). The third-order valence-corrected chi connectivity index (χ3v) is 11.1. The third-order valence-electron chi connectivity index (χ3n) is 10.9. The summed E-state index contributed by atoms with van der Waals surface area (Å²) in [5.74, 6) is -10.3. The number of aromatic hydroxyl groups is 1. The van der Waals surface area contributed by atoms with Gasteiger partial charge in [-0.3, -0.25) is 24.6 Å². The first-order chi connectivity index (χ1) is 25.1. The van der Waals surface area contributed by atoms with E-state index in [4.69, 9.17) is 22.7 Å². The van der Waals surface area contributed by atoms with Crippen molar-refractivity contribution in [1.82, 2.24) is 10.2 Å². The largest absolute Gasteiger partial charge is 0.508 e. The van der Waals surface area contributed by atoms with Crippen LogP contribution < -0.4 is 16.4 Å². The van der Waals surface area contributed by atoms with Crippen LogP contribution in [0.2, 0.25) is 0 Å². The summed E-state index contributed by atoms with van der Waals surface area (Å²) in [5, 5.41) is 62.6. The van der Waals surface area contributed by atoms with E-state index in [0.717, 1.165) is 22.3 Å². The number of hydrogen-bond donors (Lipinski definition) is 8. The number of amides is 2. The summed E-state index contributed by atoms with van der Waals surface area (Å²) in [5.41, 5.74) is 4.93. The molecule has 274 valence electrons. The summed E-state index contributed by atoms with van der Waals surface area (Å²) in [6.07, 6.45) is -2.59. The summed E-state index contributed by atoms with van der Waals surface area (Å²) in [4.78, 5) is 54.0. The molecule has 4 aliphatic carbocycles. The zero-order valence-electron chi connectivity index (χ0n) is 28.7. The van der Waals surface area contributed by atoms with Crippen LogP contribution >= 0.6 is 12.2 Å². The van der Waals surface area contributed by atoms with E-state index in [1.807, 2.05) is 48.5 Å². The molecule has 15 heteroatoms. The third kappa shape index (κ3) is 5.22. The number of aliphatic hydroxyl groups is 4. The van der Waals surface area contributed by atoms with Gasteiger partial charge in [-0.25, -0.2) is 4.79 Å². The van der Waals surface area contributed by atoms with Crippen LogP contribution in [0.1, 0.15) is 41.0 Å². The molecule has 0 aromatic heterocycles. The van der Waals surface area contributed by atoms with Gasteiger partial charge in [-0.1, -0.05) is 61.5 Å². The topological polar surface area (TPSA) is 232 Å². The molecule has 1 fully saturated rings. The van der Waals surface area contributed by atoms with Crippen molar-refractivity contribution in [2.75, 3.05) is 26.0 Å². The molecule has 0 aliphatic heterocycles. The fourth-order valence-electron chi connectivity index (χ4n) is 8.60. The van der Waals surface area contributed by atoms with Crippen LogP contribution in [0.25, 0.3) is 16.9 Å². The molecule has 4 aliphatic rings. The predicted molar refractivity (Wildman–Crippen MR) is 195 cm³/mol. The van der Waals surface area contributed by atoms with Crippen molar-refractivity contribution in [3.05, 3.63) is 99.8 Å². The van der Waals surface area contributed by atoms with Gasteiger partial charge in [0.25, 0.3) is 5.91 Å². The maximum Gasteiger partial charge on any atom is 0.413 e. The normalized spacial score (nSPS) is 26.0. The van der Waals surface area contributed by atoms with Crippen molar-refractivity contribution in [1.29, 1.82) is 0 Å². The molecule has 0 heterocycles. The van der Waals surface area contributed by atoms with Crippen LogP contribution in [0.4, 0.5) is 10.5 Å². The van der Waals surface area contributed by atoms with E-state index in [0.29, 0.717) is 5.56 Å². The highest BCUT2D eigenvalue weighted by Crippen LogP contribution is 2.56. The molecule has 53 heavy (non-hydrogen) atoms. The molecular formula is C38H36N4O10S. The fraction of sp³-hybridized carbons (Fsp3) is 0.289. The van der Waals surface area contributed by atoms with E-state index in [2.05, 4.69) is 10.6 Å². The Balaban J connectivity index is 1.15. The number of nitrogens with zero attached hydrogens (tertiary/aromatic N) is 1. The molecule has 0 radical (unpaired) electrons. The fourth-order valence-corrected chi connectivity index (χ4v) is 8.79. The number of primary amides is 1. The average Bonchev–Trinajstić information content (AvgIpc) is 3.43. The summed E-state index contributed by atoms with van der Waals surface area (Å²) >= 11 is 5.32. The van der Waals surface area contributed by atoms with Gasteiger partial charge in [-0.2, -0.15) is 0 Å². The van der Waals surface area contributed by atoms with E-state index in [1.165, 1.54) is 31.1 Å². The minimum atomic E-state index is -3.04. The standard InChI is InChI=1S/C38H36N4O10S/c1-15-16-12-13-22(40-36(53)41-37(50)52-14-21-19-10-6-4-8-17(19)18-9-5-7-11-20(18)21)29(43)24(16)30(44)25-23(15)31(45)27-28(42(2)3)32(46)26(35(39)49)34(48)38(27,51)33(25)47/h4-13,15,21,23,27-28,31,43-45,48,51H,14H2,1-3H3,(H2,39,49)(H2,40,41,50,53)/t15-,23?,27?,28-,31?,38-/m0/s1. The molecule has 9 N–H and O–H groups in total. The number of fused-ring (bicyclic) bond motifs is 6. The number of alkyl carbamates (subject to hydrolysis) is 1. The van der Waals surface area contributed by atoms with E-state index in [1.54, 1.807) is 6.92 Å². The monoisotopic (exact) mass is 740 g/mol. The average molecular weight is 741 g/mol. The molecular weight excluding hydrogens is 705 g/mol. The van der Waals surface area contributed by atoms with Gasteiger partial charge < -0.3 is 41.3 Å². The number of phenols is 1. The number of Topliss-reactive ketones (excluding diaryl/α,β-unsaturated/α-hetero) is 2. The highest BCUT2D eigenvalue weighted by molar-refractivity contribution is 7.80. The second-order valence-electron chi connectivity index (χ2n) is 13.9. The van der Waals surface area contributed by atoms with E-state index in [-0.39, 0.29) is 28.9 Å². The number of hydrogen-bond acceptors (Lipinski definition) is 12. The molecule has 3 unspecified atom stereocenters. The number of carbonyl (C=O) groups excluding carboxylic acids is 4. The zero-order valence-corrected chi connectivity index (χ0v) is 29.5. The van der Waals surface area contributed by atoms with Crippen molar-refractivity contribution >= 4 is 52.3 Å². The van der Waals surface area contributed by atoms with E-state index < -0.39 is 87.5 Å². The summed E-state index contributed by atoms with van der Waals surface area (Å²) in [7, 11) is 2.87. The van der Waals surface area contributed by atoms with Gasteiger partial charge in [-0.15, -0.1) is 0 Å². The number of ether oxygens (including phenoxy) is 1. The minimum Gasteiger partial charge on any atom is -0.508 e. The van der Waals surface area contributed by atoms with Gasteiger partial charge >= 0.3 is 6.09 Å². The second-order valence-corrected chi connectivity index (χ2v) is 14.3. The maximum atomic E-state index is 14.2. The molecule has 0 saturated heterocycles. The van der Waals surface area contributed by atoms with E-state index in [9.17, 15) is 44.7 Å². The number of ketones is 2. The number of benzene rings is 3. The molecule has 3 aromatic rings. The first kappa shape index (κ1) is 35.8. The number of anilines is 1. The Bertz CT molecular complexity index is 2170. The number of aliphatic hydroxyl groups excluding tert-OH is 3.